The number of hydrogen-bond acceptors (Lipinski definition) is 3. The summed E-state index contributed by atoms with van der Waals surface area (Å²) in [4.78, 5) is 24.2. The first-order valence-corrected chi connectivity index (χ1v) is 5.73. The fraction of sp³-hybridized carbons (Fsp3) is 0.818. The largest absolute Gasteiger partial charge is 0.481 e. The maximum absolute atomic E-state index is 11.7. The minimum absolute atomic E-state index is 0.000602. The van der Waals surface area contributed by atoms with Gasteiger partial charge in [0.2, 0.25) is 5.91 Å². The molecular formula is C11H17NO4. The molecule has 0 aromatic heterocycles. The van der Waals surface area contributed by atoms with Crippen LogP contribution in [0.5, 0.6) is 0 Å². The summed E-state index contributed by atoms with van der Waals surface area (Å²) >= 11 is 0. The summed E-state index contributed by atoms with van der Waals surface area (Å²) < 4.78 is 5.53. The van der Waals surface area contributed by atoms with E-state index < -0.39 is 11.9 Å². The Morgan fingerprint density at radius 3 is 2.88 bits per heavy atom. The molecule has 0 saturated carbocycles. The van der Waals surface area contributed by atoms with Crippen molar-refractivity contribution < 1.29 is 19.4 Å². The number of nitrogens with zero attached hydrogens (tertiary/aromatic N) is 1. The molecule has 0 bridgehead atoms. The van der Waals surface area contributed by atoms with Crippen molar-refractivity contribution >= 4 is 11.9 Å². The van der Waals surface area contributed by atoms with Crippen LogP contribution in [0.1, 0.15) is 26.2 Å². The van der Waals surface area contributed by atoms with Gasteiger partial charge in [-0.1, -0.05) is 0 Å². The standard InChI is InChI=1S/C11H17NO4/c1-7(9-3-2-4-16-9)12-6-8(11(14)15)5-10(12)13/h7-9H,2-6H2,1H3,(H,14,15). The zero-order valence-corrected chi connectivity index (χ0v) is 9.39. The van der Waals surface area contributed by atoms with E-state index in [1.54, 1.807) is 4.90 Å². The maximum atomic E-state index is 11.7. The van der Waals surface area contributed by atoms with E-state index in [0.717, 1.165) is 19.4 Å². The second-order valence-corrected chi connectivity index (χ2v) is 4.58. The predicted molar refractivity (Wildman–Crippen MR) is 55.9 cm³/mol. The fourth-order valence-corrected chi connectivity index (χ4v) is 2.47. The molecular weight excluding hydrogens is 210 g/mol. The molecule has 3 atom stereocenters. The molecule has 16 heavy (non-hydrogen) atoms. The van der Waals surface area contributed by atoms with Gasteiger partial charge in [0.15, 0.2) is 0 Å². The van der Waals surface area contributed by atoms with Crippen molar-refractivity contribution in [1.29, 1.82) is 0 Å². The molecule has 2 aliphatic rings. The molecule has 2 rings (SSSR count). The molecule has 2 saturated heterocycles. The highest BCUT2D eigenvalue weighted by Gasteiger charge is 2.39. The van der Waals surface area contributed by atoms with Crippen LogP contribution in [0.4, 0.5) is 0 Å². The molecule has 0 aliphatic carbocycles. The van der Waals surface area contributed by atoms with Gasteiger partial charge in [0, 0.05) is 19.6 Å². The number of carboxylic acid groups (broad SMARTS) is 1. The number of likely N-dealkylation sites (tertiary alicyclic amines) is 1. The Morgan fingerprint density at radius 1 is 1.62 bits per heavy atom. The summed E-state index contributed by atoms with van der Waals surface area (Å²) in [7, 11) is 0. The Morgan fingerprint density at radius 2 is 2.38 bits per heavy atom. The van der Waals surface area contributed by atoms with Crippen molar-refractivity contribution in [3.63, 3.8) is 0 Å². The molecule has 2 fully saturated rings. The van der Waals surface area contributed by atoms with Gasteiger partial charge in [-0.05, 0) is 19.8 Å². The van der Waals surface area contributed by atoms with Crippen molar-refractivity contribution in [2.24, 2.45) is 5.92 Å². The summed E-state index contributed by atoms with van der Waals surface area (Å²) in [5.74, 6) is -1.48. The van der Waals surface area contributed by atoms with E-state index in [9.17, 15) is 9.59 Å². The zero-order valence-electron chi connectivity index (χ0n) is 9.39. The van der Waals surface area contributed by atoms with E-state index in [1.165, 1.54) is 0 Å². The van der Waals surface area contributed by atoms with E-state index >= 15 is 0 Å². The fourth-order valence-electron chi connectivity index (χ4n) is 2.47. The van der Waals surface area contributed by atoms with E-state index in [0.29, 0.717) is 6.54 Å². The molecule has 5 heteroatoms. The Hall–Kier alpha value is -1.10. The lowest BCUT2D eigenvalue weighted by molar-refractivity contribution is -0.141. The number of rotatable bonds is 3. The predicted octanol–water partition coefficient (Wildman–Crippen LogP) is 0.487. The van der Waals surface area contributed by atoms with Crippen molar-refractivity contribution in [2.45, 2.75) is 38.3 Å². The van der Waals surface area contributed by atoms with Gasteiger partial charge < -0.3 is 14.7 Å². The van der Waals surface area contributed by atoms with Gasteiger partial charge in [0.05, 0.1) is 18.1 Å². The number of carboxylic acids is 1. The Bertz CT molecular complexity index is 298. The molecule has 0 aromatic rings. The number of carbonyl (C=O) groups excluding carboxylic acids is 1. The van der Waals surface area contributed by atoms with Crippen molar-refractivity contribution in [3.8, 4) is 0 Å². The lowest BCUT2D eigenvalue weighted by Crippen LogP contribution is -2.42. The van der Waals surface area contributed by atoms with Crippen molar-refractivity contribution in [3.05, 3.63) is 0 Å². The highest BCUT2D eigenvalue weighted by molar-refractivity contribution is 5.86. The van der Waals surface area contributed by atoms with Crippen LogP contribution in [0.15, 0.2) is 0 Å². The van der Waals surface area contributed by atoms with Gasteiger partial charge in [0.1, 0.15) is 0 Å². The second kappa shape index (κ2) is 4.41. The van der Waals surface area contributed by atoms with Crippen LogP contribution in [0.25, 0.3) is 0 Å². The number of amides is 1. The lowest BCUT2D eigenvalue weighted by atomic mass is 10.1. The average molecular weight is 227 g/mol. The van der Waals surface area contributed by atoms with E-state index in [2.05, 4.69) is 0 Å². The number of carbonyl (C=O) groups is 2. The molecule has 0 spiro atoms. The first-order valence-electron chi connectivity index (χ1n) is 5.73. The molecule has 1 N–H and O–H groups in total. The number of ether oxygens (including phenoxy) is 1. The highest BCUT2D eigenvalue weighted by Crippen LogP contribution is 2.26. The summed E-state index contributed by atoms with van der Waals surface area (Å²) in [5, 5.41) is 8.89. The Labute approximate surface area is 94.4 Å². The van der Waals surface area contributed by atoms with Crippen LogP contribution < -0.4 is 0 Å². The van der Waals surface area contributed by atoms with Gasteiger partial charge in [0.25, 0.3) is 0 Å². The molecule has 1 amide bonds. The zero-order chi connectivity index (χ0) is 11.7. The quantitative estimate of drug-likeness (QED) is 0.761. The third-order valence-corrected chi connectivity index (χ3v) is 3.50. The minimum atomic E-state index is -0.879. The molecule has 90 valence electrons. The van der Waals surface area contributed by atoms with Crippen LogP contribution in [0, 0.1) is 5.92 Å². The molecule has 2 aliphatic heterocycles. The average Bonchev–Trinajstić information content (AvgIpc) is 2.84. The van der Waals surface area contributed by atoms with E-state index in [-0.39, 0.29) is 24.5 Å². The molecule has 2 heterocycles. The molecule has 0 radical (unpaired) electrons. The van der Waals surface area contributed by atoms with Crippen molar-refractivity contribution in [1.82, 2.24) is 4.90 Å². The minimum Gasteiger partial charge on any atom is -0.481 e. The summed E-state index contributed by atoms with van der Waals surface area (Å²) in [6.45, 7) is 3.02. The maximum Gasteiger partial charge on any atom is 0.308 e. The number of hydrogen-bond donors (Lipinski definition) is 1. The van der Waals surface area contributed by atoms with Crippen LogP contribution in [0.3, 0.4) is 0 Å². The SMILES string of the molecule is CC(C1CCCO1)N1CC(C(=O)O)CC1=O. The molecule has 3 unspecified atom stereocenters. The van der Waals surface area contributed by atoms with E-state index in [1.807, 2.05) is 6.92 Å². The number of aliphatic carboxylic acids is 1. The van der Waals surface area contributed by atoms with Crippen LogP contribution in [-0.2, 0) is 14.3 Å². The second-order valence-electron chi connectivity index (χ2n) is 4.58. The monoisotopic (exact) mass is 227 g/mol. The third kappa shape index (κ3) is 2.04. The third-order valence-electron chi connectivity index (χ3n) is 3.50. The normalized spacial score (nSPS) is 32.1. The van der Waals surface area contributed by atoms with Crippen molar-refractivity contribution in [2.75, 3.05) is 13.2 Å². The first kappa shape index (κ1) is 11.4. The van der Waals surface area contributed by atoms with Gasteiger partial charge in [-0.3, -0.25) is 9.59 Å². The molecule has 5 nitrogen and oxygen atoms in total. The van der Waals surface area contributed by atoms with Crippen LogP contribution in [0.2, 0.25) is 0 Å². The Balaban J connectivity index is 1.98. The van der Waals surface area contributed by atoms with Gasteiger partial charge in [-0.25, -0.2) is 0 Å². The first-order chi connectivity index (χ1) is 7.59. The highest BCUT2D eigenvalue weighted by atomic mass is 16.5. The Kier molecular flexibility index (Phi) is 3.14. The van der Waals surface area contributed by atoms with E-state index in [4.69, 9.17) is 9.84 Å². The smallest absolute Gasteiger partial charge is 0.308 e. The lowest BCUT2D eigenvalue weighted by Gasteiger charge is -2.28. The van der Waals surface area contributed by atoms with Crippen LogP contribution in [-0.4, -0.2) is 47.2 Å². The molecule has 0 aromatic carbocycles. The summed E-state index contributed by atoms with van der Waals surface area (Å²) in [5.41, 5.74) is 0. The van der Waals surface area contributed by atoms with Gasteiger partial charge in [-0.15, -0.1) is 0 Å². The van der Waals surface area contributed by atoms with Gasteiger partial charge >= 0.3 is 5.97 Å². The summed E-state index contributed by atoms with van der Waals surface area (Å²) in [6.07, 6.45) is 2.20. The topological polar surface area (TPSA) is 66.8 Å². The van der Waals surface area contributed by atoms with Gasteiger partial charge in [-0.2, -0.15) is 0 Å². The van der Waals surface area contributed by atoms with Crippen LogP contribution >= 0.6 is 0 Å². The summed E-state index contributed by atoms with van der Waals surface area (Å²) in [6, 6.07) is -0.000602.